The summed E-state index contributed by atoms with van der Waals surface area (Å²) in [5.41, 5.74) is 7.03. The Kier molecular flexibility index (Phi) is 5.58. The third-order valence-corrected chi connectivity index (χ3v) is 7.25. The molecule has 5 rings (SSSR count). The molecule has 0 bridgehead atoms. The molecule has 1 amide bonds. The smallest absolute Gasteiger partial charge is 0.227 e. The summed E-state index contributed by atoms with van der Waals surface area (Å²) >= 11 is 0. The third kappa shape index (κ3) is 4.08. The van der Waals surface area contributed by atoms with Crippen LogP contribution in [0.3, 0.4) is 0 Å². The lowest BCUT2D eigenvalue weighted by atomic mass is 9.76. The van der Waals surface area contributed by atoms with Gasteiger partial charge in [0.05, 0.1) is 5.69 Å². The zero-order valence-electron chi connectivity index (χ0n) is 19.5. The standard InChI is InChI=1S/C26H34N4O2/c1-4-30(24(31)13-17-8-11-32-12-9-17)19-6-5-18-14-22(27-21(18)15-19)25-20-7-10-26(2,3)16-23(20)28-29-25/h5-6,14-15,17,27H,4,7-13,16H2,1-3H3,(H,28,29). The highest BCUT2D eigenvalue weighted by atomic mass is 16.5. The molecular formula is C26H34N4O2. The normalized spacial score (nSPS) is 18.6. The van der Waals surface area contributed by atoms with Crippen LogP contribution in [0.15, 0.2) is 24.3 Å². The van der Waals surface area contributed by atoms with Crippen molar-refractivity contribution in [3.63, 3.8) is 0 Å². The first kappa shape index (κ1) is 21.3. The molecule has 0 unspecified atom stereocenters. The van der Waals surface area contributed by atoms with E-state index in [0.717, 1.165) is 66.9 Å². The fourth-order valence-corrected chi connectivity index (χ4v) is 5.29. The second-order valence-electron chi connectivity index (χ2n) is 10.2. The molecule has 2 aromatic heterocycles. The number of benzene rings is 1. The summed E-state index contributed by atoms with van der Waals surface area (Å²) < 4.78 is 5.44. The Morgan fingerprint density at radius 3 is 2.84 bits per heavy atom. The van der Waals surface area contributed by atoms with E-state index in [1.54, 1.807) is 0 Å². The predicted octanol–water partition coefficient (Wildman–Crippen LogP) is 5.24. The number of amides is 1. The van der Waals surface area contributed by atoms with Crippen LogP contribution in [0.4, 0.5) is 5.69 Å². The highest BCUT2D eigenvalue weighted by Gasteiger charge is 2.29. The van der Waals surface area contributed by atoms with Crippen LogP contribution in [-0.4, -0.2) is 40.8 Å². The molecule has 2 N–H and O–H groups in total. The second kappa shape index (κ2) is 8.39. The molecule has 0 atom stereocenters. The number of anilines is 1. The molecule has 6 heteroatoms. The van der Waals surface area contributed by atoms with Gasteiger partial charge in [-0.15, -0.1) is 0 Å². The fraction of sp³-hybridized carbons (Fsp3) is 0.538. The minimum Gasteiger partial charge on any atom is -0.381 e. The average Bonchev–Trinajstić information content (AvgIpc) is 3.37. The van der Waals surface area contributed by atoms with Crippen LogP contribution in [0.25, 0.3) is 22.3 Å². The Morgan fingerprint density at radius 2 is 2.06 bits per heavy atom. The molecule has 6 nitrogen and oxygen atoms in total. The van der Waals surface area contributed by atoms with Crippen LogP contribution in [0.5, 0.6) is 0 Å². The minimum atomic E-state index is 0.203. The number of nitrogens with zero attached hydrogens (tertiary/aromatic N) is 2. The maximum Gasteiger partial charge on any atom is 0.227 e. The summed E-state index contributed by atoms with van der Waals surface area (Å²) in [6.45, 7) is 8.91. The summed E-state index contributed by atoms with van der Waals surface area (Å²) in [5, 5.41) is 9.09. The van der Waals surface area contributed by atoms with Crippen LogP contribution in [0.1, 0.15) is 57.7 Å². The number of fused-ring (bicyclic) bond motifs is 2. The van der Waals surface area contributed by atoms with Gasteiger partial charge in [0.15, 0.2) is 0 Å². The number of carbonyl (C=O) groups is 1. The van der Waals surface area contributed by atoms with Gasteiger partial charge in [0.25, 0.3) is 0 Å². The van der Waals surface area contributed by atoms with Gasteiger partial charge < -0.3 is 14.6 Å². The maximum atomic E-state index is 13.0. The summed E-state index contributed by atoms with van der Waals surface area (Å²) in [6, 6.07) is 8.45. The highest BCUT2D eigenvalue weighted by Crippen LogP contribution is 2.38. The number of nitrogens with one attached hydrogen (secondary N) is 2. The summed E-state index contributed by atoms with van der Waals surface area (Å²) in [7, 11) is 0. The van der Waals surface area contributed by atoms with E-state index in [0.29, 0.717) is 24.3 Å². The summed E-state index contributed by atoms with van der Waals surface area (Å²) in [5.74, 6) is 0.636. The van der Waals surface area contributed by atoms with Gasteiger partial charge in [-0.3, -0.25) is 9.89 Å². The Hall–Kier alpha value is -2.60. The molecule has 1 fully saturated rings. The van der Waals surface area contributed by atoms with Crippen LogP contribution >= 0.6 is 0 Å². The van der Waals surface area contributed by atoms with E-state index in [9.17, 15) is 4.79 Å². The molecule has 2 aliphatic rings. The number of aromatic nitrogens is 3. The SMILES string of the molecule is CCN(C(=O)CC1CCOCC1)c1ccc2cc(-c3n[nH]c4c3CCC(C)(C)C4)[nH]c2c1. The van der Waals surface area contributed by atoms with Crippen LogP contribution in [0, 0.1) is 11.3 Å². The second-order valence-corrected chi connectivity index (χ2v) is 10.2. The predicted molar refractivity (Wildman–Crippen MR) is 128 cm³/mol. The van der Waals surface area contributed by atoms with Crippen molar-refractivity contribution in [2.24, 2.45) is 11.3 Å². The Labute approximate surface area is 189 Å². The maximum absolute atomic E-state index is 13.0. The lowest BCUT2D eigenvalue weighted by molar-refractivity contribution is -0.120. The summed E-state index contributed by atoms with van der Waals surface area (Å²) in [6.07, 6.45) is 5.83. The highest BCUT2D eigenvalue weighted by molar-refractivity contribution is 5.96. The van der Waals surface area contributed by atoms with E-state index in [4.69, 9.17) is 4.74 Å². The molecule has 3 aromatic rings. The Balaban J connectivity index is 1.39. The van der Waals surface area contributed by atoms with Crippen molar-refractivity contribution in [3.05, 3.63) is 35.5 Å². The number of rotatable bonds is 5. The molecule has 170 valence electrons. The van der Waals surface area contributed by atoms with Gasteiger partial charge in [0, 0.05) is 54.0 Å². The zero-order valence-corrected chi connectivity index (χ0v) is 19.5. The van der Waals surface area contributed by atoms with E-state index in [1.807, 2.05) is 11.8 Å². The zero-order chi connectivity index (χ0) is 22.3. The van der Waals surface area contributed by atoms with Crippen LogP contribution in [-0.2, 0) is 22.4 Å². The van der Waals surface area contributed by atoms with Crippen molar-refractivity contribution in [2.75, 3.05) is 24.7 Å². The monoisotopic (exact) mass is 434 g/mol. The van der Waals surface area contributed by atoms with Crippen molar-refractivity contribution >= 4 is 22.5 Å². The Bertz CT molecular complexity index is 1120. The quantitative estimate of drug-likeness (QED) is 0.576. The lowest BCUT2D eigenvalue weighted by Gasteiger charge is -2.28. The first-order valence-corrected chi connectivity index (χ1v) is 12.0. The fourth-order valence-electron chi connectivity index (χ4n) is 5.29. The van der Waals surface area contributed by atoms with E-state index in [2.05, 4.69) is 53.3 Å². The molecule has 32 heavy (non-hydrogen) atoms. The van der Waals surface area contributed by atoms with Crippen molar-refractivity contribution in [2.45, 2.75) is 59.3 Å². The largest absolute Gasteiger partial charge is 0.381 e. The van der Waals surface area contributed by atoms with Crippen LogP contribution < -0.4 is 4.90 Å². The average molecular weight is 435 g/mol. The number of carbonyl (C=O) groups excluding carboxylic acids is 1. The number of H-pyrrole nitrogens is 2. The van der Waals surface area contributed by atoms with Gasteiger partial charge in [0.2, 0.25) is 5.91 Å². The molecule has 1 saturated heterocycles. The van der Waals surface area contributed by atoms with Gasteiger partial charge >= 0.3 is 0 Å². The van der Waals surface area contributed by atoms with Crippen molar-refractivity contribution in [1.29, 1.82) is 0 Å². The van der Waals surface area contributed by atoms with Gasteiger partial charge in [-0.25, -0.2) is 0 Å². The van der Waals surface area contributed by atoms with Gasteiger partial charge in [-0.1, -0.05) is 19.9 Å². The molecule has 1 aliphatic carbocycles. The number of hydrogen-bond donors (Lipinski definition) is 2. The van der Waals surface area contributed by atoms with Gasteiger partial charge in [-0.05, 0) is 68.6 Å². The first-order chi connectivity index (χ1) is 15.4. The van der Waals surface area contributed by atoms with E-state index in [-0.39, 0.29) is 5.91 Å². The number of aromatic amines is 2. The minimum absolute atomic E-state index is 0.203. The third-order valence-electron chi connectivity index (χ3n) is 7.25. The molecular weight excluding hydrogens is 400 g/mol. The van der Waals surface area contributed by atoms with E-state index in [1.165, 1.54) is 17.7 Å². The van der Waals surface area contributed by atoms with Crippen LogP contribution in [0.2, 0.25) is 0 Å². The first-order valence-electron chi connectivity index (χ1n) is 12.0. The van der Waals surface area contributed by atoms with Crippen molar-refractivity contribution in [3.8, 4) is 11.4 Å². The van der Waals surface area contributed by atoms with Gasteiger partial charge in [-0.2, -0.15) is 5.10 Å². The molecule has 1 aliphatic heterocycles. The van der Waals surface area contributed by atoms with Gasteiger partial charge in [0.1, 0.15) is 5.69 Å². The molecule has 3 heterocycles. The van der Waals surface area contributed by atoms with Crippen molar-refractivity contribution in [1.82, 2.24) is 15.2 Å². The number of hydrogen-bond acceptors (Lipinski definition) is 3. The molecule has 1 aromatic carbocycles. The topological polar surface area (TPSA) is 74.0 Å². The molecule has 0 spiro atoms. The molecule has 0 radical (unpaired) electrons. The van der Waals surface area contributed by atoms with E-state index >= 15 is 0 Å². The van der Waals surface area contributed by atoms with Crippen molar-refractivity contribution < 1.29 is 9.53 Å². The summed E-state index contributed by atoms with van der Waals surface area (Å²) in [4.78, 5) is 18.5. The van der Waals surface area contributed by atoms with E-state index < -0.39 is 0 Å². The number of ether oxygens (including phenoxy) is 1. The lowest BCUT2D eigenvalue weighted by Crippen LogP contribution is -2.33. The molecule has 0 saturated carbocycles. The Morgan fingerprint density at radius 1 is 1.25 bits per heavy atom.